The molecule has 13 heteroatoms. The maximum absolute atomic E-state index is 14.8. The average molecular weight is 563 g/mol. The Kier molecular flexibility index (Phi) is 8.34. The summed E-state index contributed by atoms with van der Waals surface area (Å²) in [6, 6.07) is 9.48. The van der Waals surface area contributed by atoms with Gasteiger partial charge < -0.3 is 24.7 Å². The van der Waals surface area contributed by atoms with E-state index in [1.54, 1.807) is 24.3 Å². The zero-order chi connectivity index (χ0) is 28.3. The fourth-order valence-corrected chi connectivity index (χ4v) is 4.67. The number of nitrogens with zero attached hydrogens (tertiary/aromatic N) is 3. The molecule has 1 saturated heterocycles. The van der Waals surface area contributed by atoms with Crippen molar-refractivity contribution in [3.63, 3.8) is 0 Å². The van der Waals surface area contributed by atoms with Crippen molar-refractivity contribution in [2.75, 3.05) is 20.3 Å². The second kappa shape index (κ2) is 11.7. The Morgan fingerprint density at radius 1 is 1.18 bits per heavy atom. The molecule has 2 atom stereocenters. The van der Waals surface area contributed by atoms with Crippen LogP contribution in [0.2, 0.25) is 5.02 Å². The number of hydrogen-bond donors (Lipinski definition) is 1. The second-order valence-corrected chi connectivity index (χ2v) is 9.40. The number of carbonyl (C=O) groups excluding carboxylic acids is 4. The SMILES string of the molecule is COC(=O)COc1ccc2c(C(N)=O)cn(CC(=O)N3C[C@H](F)C[C@H]3C(=O)N(F)Cc3cccc(Cl)c3)c2c1. The van der Waals surface area contributed by atoms with Crippen LogP contribution in [0.1, 0.15) is 22.3 Å². The van der Waals surface area contributed by atoms with E-state index in [-0.39, 0.29) is 29.5 Å². The van der Waals surface area contributed by atoms with Crippen LogP contribution < -0.4 is 10.5 Å². The first-order valence-electron chi connectivity index (χ1n) is 11.8. The summed E-state index contributed by atoms with van der Waals surface area (Å²) in [5.41, 5.74) is 6.41. The number of primary amides is 1. The highest BCUT2D eigenvalue weighted by atomic mass is 35.5. The van der Waals surface area contributed by atoms with Crippen LogP contribution in [0.15, 0.2) is 48.7 Å². The molecule has 2 aromatic carbocycles. The number of ether oxygens (including phenoxy) is 2. The van der Waals surface area contributed by atoms with Crippen LogP contribution in [0.25, 0.3) is 10.9 Å². The molecule has 10 nitrogen and oxygen atoms in total. The van der Waals surface area contributed by atoms with Crippen molar-refractivity contribution in [1.29, 1.82) is 0 Å². The summed E-state index contributed by atoms with van der Waals surface area (Å²) >= 11 is 5.92. The van der Waals surface area contributed by atoms with E-state index in [1.165, 1.54) is 36.1 Å². The number of aromatic nitrogens is 1. The first-order chi connectivity index (χ1) is 18.6. The summed E-state index contributed by atoms with van der Waals surface area (Å²) in [6.45, 7) is -1.58. The Bertz CT molecular complexity index is 1430. The van der Waals surface area contributed by atoms with Crippen LogP contribution >= 0.6 is 11.6 Å². The van der Waals surface area contributed by atoms with Gasteiger partial charge in [-0.25, -0.2) is 9.18 Å². The number of carbonyl (C=O) groups is 4. The molecule has 1 aromatic heterocycles. The van der Waals surface area contributed by atoms with Crippen molar-refractivity contribution < 1.29 is 37.5 Å². The van der Waals surface area contributed by atoms with Crippen molar-refractivity contribution in [3.8, 4) is 5.75 Å². The van der Waals surface area contributed by atoms with E-state index in [2.05, 4.69) is 4.74 Å². The number of rotatable bonds is 9. The molecule has 1 fully saturated rings. The van der Waals surface area contributed by atoms with Crippen LogP contribution in [0.3, 0.4) is 0 Å². The topological polar surface area (TPSA) is 124 Å². The molecule has 1 aliphatic heterocycles. The number of alkyl halides is 1. The van der Waals surface area contributed by atoms with Gasteiger partial charge in [-0.2, -0.15) is 5.12 Å². The number of likely N-dealkylation sites (tertiary alicyclic amines) is 1. The van der Waals surface area contributed by atoms with Gasteiger partial charge in [0.15, 0.2) is 6.61 Å². The number of fused-ring (bicyclic) bond motifs is 1. The quantitative estimate of drug-likeness (QED) is 0.316. The molecule has 2 N–H and O–H groups in total. The van der Waals surface area contributed by atoms with Gasteiger partial charge in [0.05, 0.1) is 31.3 Å². The second-order valence-electron chi connectivity index (χ2n) is 8.96. The van der Waals surface area contributed by atoms with Gasteiger partial charge >= 0.3 is 5.97 Å². The zero-order valence-corrected chi connectivity index (χ0v) is 21.6. The molecule has 4 rings (SSSR count). The van der Waals surface area contributed by atoms with Crippen molar-refractivity contribution >= 4 is 46.2 Å². The number of amides is 3. The van der Waals surface area contributed by atoms with E-state index in [9.17, 15) is 28.0 Å². The maximum Gasteiger partial charge on any atom is 0.343 e. The summed E-state index contributed by atoms with van der Waals surface area (Å²) in [6.07, 6.45) is -0.524. The summed E-state index contributed by atoms with van der Waals surface area (Å²) in [7, 11) is 1.21. The lowest BCUT2D eigenvalue weighted by atomic mass is 10.1. The van der Waals surface area contributed by atoms with E-state index in [1.807, 2.05) is 0 Å². The molecule has 2 heterocycles. The van der Waals surface area contributed by atoms with Gasteiger partial charge in [0.2, 0.25) is 5.91 Å². The smallest absolute Gasteiger partial charge is 0.343 e. The third-order valence-electron chi connectivity index (χ3n) is 6.31. The van der Waals surface area contributed by atoms with Crippen molar-refractivity contribution in [2.24, 2.45) is 5.73 Å². The highest BCUT2D eigenvalue weighted by Crippen LogP contribution is 2.28. The van der Waals surface area contributed by atoms with Gasteiger partial charge in [-0.15, -0.1) is 0 Å². The Hall–Kier alpha value is -4.19. The monoisotopic (exact) mass is 562 g/mol. The molecule has 0 radical (unpaired) electrons. The highest BCUT2D eigenvalue weighted by Gasteiger charge is 2.42. The first-order valence-corrected chi connectivity index (χ1v) is 12.2. The molecule has 3 aromatic rings. The van der Waals surface area contributed by atoms with Crippen LogP contribution in [-0.2, 0) is 32.2 Å². The number of hydrogen-bond acceptors (Lipinski definition) is 6. The molecular weight excluding hydrogens is 538 g/mol. The van der Waals surface area contributed by atoms with Gasteiger partial charge in [-0.05, 0) is 29.8 Å². The molecule has 0 aliphatic carbocycles. The summed E-state index contributed by atoms with van der Waals surface area (Å²) in [5, 5.41) is 0.716. The normalized spacial score (nSPS) is 16.8. The number of methoxy groups -OCH3 is 1. The predicted octanol–water partition coefficient (Wildman–Crippen LogP) is 2.80. The third kappa shape index (κ3) is 6.28. The standard InChI is InChI=1S/C26H25ClF2N4O6/c1-38-24(35)14-39-18-5-6-19-20(25(30)36)12-31(21(19)9-18)13-23(34)32-11-17(28)8-22(32)26(37)33(29)10-15-3-2-4-16(27)7-15/h2-7,9,12,17,22H,8,10-11,13-14H2,1H3,(H2,30,36)/t17-,22+/m1/s1. The van der Waals surface area contributed by atoms with Gasteiger partial charge in [0, 0.05) is 29.1 Å². The Morgan fingerprint density at radius 3 is 2.64 bits per heavy atom. The van der Waals surface area contributed by atoms with E-state index in [0.29, 0.717) is 21.5 Å². The lowest BCUT2D eigenvalue weighted by Crippen LogP contribution is -2.46. The predicted molar refractivity (Wildman–Crippen MR) is 136 cm³/mol. The van der Waals surface area contributed by atoms with Crippen molar-refractivity contribution in [1.82, 2.24) is 14.6 Å². The molecule has 0 unspecified atom stereocenters. The molecule has 0 saturated carbocycles. The number of nitrogens with two attached hydrogens (primary N) is 1. The number of halogens is 3. The first kappa shape index (κ1) is 27.8. The Morgan fingerprint density at radius 2 is 1.95 bits per heavy atom. The van der Waals surface area contributed by atoms with Crippen molar-refractivity contribution in [3.05, 3.63) is 64.8 Å². The fraction of sp³-hybridized carbons (Fsp3) is 0.308. The molecule has 0 bridgehead atoms. The van der Waals surface area contributed by atoms with Gasteiger partial charge in [-0.3, -0.25) is 14.4 Å². The van der Waals surface area contributed by atoms with Crippen LogP contribution in [0.4, 0.5) is 8.87 Å². The average Bonchev–Trinajstić information content (AvgIpc) is 3.47. The van der Waals surface area contributed by atoms with Crippen LogP contribution in [0, 0.1) is 0 Å². The minimum Gasteiger partial charge on any atom is -0.482 e. The highest BCUT2D eigenvalue weighted by molar-refractivity contribution is 6.30. The molecule has 1 aliphatic rings. The van der Waals surface area contributed by atoms with Crippen LogP contribution in [0.5, 0.6) is 5.75 Å². The maximum atomic E-state index is 14.8. The minimum absolute atomic E-state index is 0.0597. The lowest BCUT2D eigenvalue weighted by Gasteiger charge is -2.26. The van der Waals surface area contributed by atoms with E-state index in [4.69, 9.17) is 22.1 Å². The Balaban J connectivity index is 1.55. The van der Waals surface area contributed by atoms with E-state index >= 15 is 0 Å². The lowest BCUT2D eigenvalue weighted by molar-refractivity contribution is -0.156. The molecule has 206 valence electrons. The largest absolute Gasteiger partial charge is 0.482 e. The van der Waals surface area contributed by atoms with Gasteiger partial charge in [-0.1, -0.05) is 28.2 Å². The molecule has 39 heavy (non-hydrogen) atoms. The van der Waals surface area contributed by atoms with Crippen LogP contribution in [-0.4, -0.2) is 70.8 Å². The van der Waals surface area contributed by atoms with E-state index < -0.39 is 55.5 Å². The van der Waals surface area contributed by atoms with E-state index in [0.717, 1.165) is 4.90 Å². The minimum atomic E-state index is -1.52. The van der Waals surface area contributed by atoms with Gasteiger partial charge in [0.25, 0.3) is 11.8 Å². The zero-order valence-electron chi connectivity index (χ0n) is 20.8. The Labute approximate surface area is 226 Å². The third-order valence-corrected chi connectivity index (χ3v) is 6.55. The fourth-order valence-electron chi connectivity index (χ4n) is 4.46. The number of esters is 1. The molecule has 3 amide bonds. The summed E-state index contributed by atoms with van der Waals surface area (Å²) in [4.78, 5) is 50.6. The summed E-state index contributed by atoms with van der Waals surface area (Å²) in [5.74, 6) is -2.83. The van der Waals surface area contributed by atoms with Gasteiger partial charge in [0.1, 0.15) is 24.5 Å². The summed E-state index contributed by atoms with van der Waals surface area (Å²) < 4.78 is 40.6. The molecular formula is C26H25ClF2N4O6. The molecule has 0 spiro atoms. The number of benzene rings is 2. The van der Waals surface area contributed by atoms with Crippen molar-refractivity contribution in [2.45, 2.75) is 31.7 Å².